The Bertz CT molecular complexity index is 253. The molecule has 0 aromatic carbocycles. The molecular weight excluding hydrogens is 176 g/mol. The van der Waals surface area contributed by atoms with Crippen LogP contribution in [-0.2, 0) is 9.53 Å². The predicted octanol–water partition coefficient (Wildman–Crippen LogP) is 2.93. The fourth-order valence-electron chi connectivity index (χ4n) is 1.75. The van der Waals surface area contributed by atoms with Crippen LogP contribution < -0.4 is 0 Å². The van der Waals surface area contributed by atoms with E-state index in [1.807, 2.05) is 0 Å². The molecule has 2 nitrogen and oxygen atoms in total. The lowest BCUT2D eigenvalue weighted by molar-refractivity contribution is -0.142. The van der Waals surface area contributed by atoms with E-state index in [4.69, 9.17) is 4.74 Å². The zero-order valence-electron chi connectivity index (χ0n) is 9.59. The standard InChI is InChI=1S/C12H20O2/c1-11(2)5-7-12(3,8-6-11)9-10(13)14-4/h5,7H,6,8-9H2,1-4H3. The van der Waals surface area contributed by atoms with Crippen LogP contribution in [0.5, 0.6) is 0 Å². The number of esters is 1. The molecule has 0 bridgehead atoms. The van der Waals surface area contributed by atoms with Gasteiger partial charge in [0, 0.05) is 0 Å². The third kappa shape index (κ3) is 2.86. The predicted molar refractivity (Wildman–Crippen MR) is 56.9 cm³/mol. The largest absolute Gasteiger partial charge is 0.469 e. The van der Waals surface area contributed by atoms with Crippen molar-refractivity contribution in [3.05, 3.63) is 12.2 Å². The molecule has 0 aliphatic heterocycles. The Morgan fingerprint density at radius 1 is 1.29 bits per heavy atom. The van der Waals surface area contributed by atoms with Gasteiger partial charge in [-0.3, -0.25) is 4.79 Å². The van der Waals surface area contributed by atoms with E-state index >= 15 is 0 Å². The molecule has 1 unspecified atom stereocenters. The molecule has 0 N–H and O–H groups in total. The van der Waals surface area contributed by atoms with Crippen LogP contribution in [0.1, 0.15) is 40.0 Å². The first-order chi connectivity index (χ1) is 6.37. The van der Waals surface area contributed by atoms with E-state index in [1.54, 1.807) is 0 Å². The maximum atomic E-state index is 11.2. The third-order valence-electron chi connectivity index (χ3n) is 3.05. The molecule has 1 aliphatic rings. The first-order valence-corrected chi connectivity index (χ1v) is 5.14. The number of carbonyl (C=O) groups excluding carboxylic acids is 1. The van der Waals surface area contributed by atoms with Crippen molar-refractivity contribution in [3.63, 3.8) is 0 Å². The fraction of sp³-hybridized carbons (Fsp3) is 0.750. The highest BCUT2D eigenvalue weighted by atomic mass is 16.5. The molecule has 0 amide bonds. The van der Waals surface area contributed by atoms with Crippen LogP contribution in [0.25, 0.3) is 0 Å². The van der Waals surface area contributed by atoms with Gasteiger partial charge in [0.1, 0.15) is 0 Å². The molecule has 0 saturated heterocycles. The molecule has 0 saturated carbocycles. The lowest BCUT2D eigenvalue weighted by Gasteiger charge is -2.35. The van der Waals surface area contributed by atoms with Crippen molar-refractivity contribution >= 4 is 5.97 Å². The summed E-state index contributed by atoms with van der Waals surface area (Å²) < 4.78 is 4.70. The van der Waals surface area contributed by atoms with Crippen molar-refractivity contribution in [1.82, 2.24) is 0 Å². The third-order valence-corrected chi connectivity index (χ3v) is 3.05. The van der Waals surface area contributed by atoms with E-state index in [-0.39, 0.29) is 16.8 Å². The molecule has 0 aromatic rings. The van der Waals surface area contributed by atoms with Gasteiger partial charge in [-0.25, -0.2) is 0 Å². The molecular formula is C12H20O2. The molecule has 0 radical (unpaired) electrons. The minimum atomic E-state index is -0.114. The lowest BCUT2D eigenvalue weighted by Crippen LogP contribution is -2.26. The number of allylic oxidation sites excluding steroid dienone is 2. The van der Waals surface area contributed by atoms with Crippen molar-refractivity contribution in [2.24, 2.45) is 10.8 Å². The molecule has 14 heavy (non-hydrogen) atoms. The van der Waals surface area contributed by atoms with Crippen LogP contribution >= 0.6 is 0 Å². The van der Waals surface area contributed by atoms with Gasteiger partial charge < -0.3 is 4.74 Å². The number of methoxy groups -OCH3 is 1. The Hall–Kier alpha value is -0.790. The van der Waals surface area contributed by atoms with Crippen molar-refractivity contribution in [1.29, 1.82) is 0 Å². The Labute approximate surface area is 86.3 Å². The van der Waals surface area contributed by atoms with Crippen LogP contribution in [0.3, 0.4) is 0 Å². The van der Waals surface area contributed by atoms with Crippen LogP contribution in [-0.4, -0.2) is 13.1 Å². The smallest absolute Gasteiger partial charge is 0.306 e. The highest BCUT2D eigenvalue weighted by Gasteiger charge is 2.31. The van der Waals surface area contributed by atoms with Crippen LogP contribution in [0.15, 0.2) is 12.2 Å². The summed E-state index contributed by atoms with van der Waals surface area (Å²) in [6.45, 7) is 6.57. The van der Waals surface area contributed by atoms with Gasteiger partial charge in [-0.15, -0.1) is 0 Å². The Balaban J connectivity index is 2.65. The van der Waals surface area contributed by atoms with E-state index in [0.717, 1.165) is 12.8 Å². The summed E-state index contributed by atoms with van der Waals surface area (Å²) in [6.07, 6.45) is 7.09. The summed E-state index contributed by atoms with van der Waals surface area (Å²) in [5.41, 5.74) is 0.290. The quantitative estimate of drug-likeness (QED) is 0.501. The number of ether oxygens (including phenoxy) is 1. The van der Waals surface area contributed by atoms with Gasteiger partial charge in [0.25, 0.3) is 0 Å². The lowest BCUT2D eigenvalue weighted by atomic mass is 9.70. The van der Waals surface area contributed by atoms with E-state index in [9.17, 15) is 4.79 Å². The van der Waals surface area contributed by atoms with E-state index < -0.39 is 0 Å². The second-order valence-electron chi connectivity index (χ2n) is 5.23. The second kappa shape index (κ2) is 3.76. The summed E-state index contributed by atoms with van der Waals surface area (Å²) in [5.74, 6) is -0.114. The minimum absolute atomic E-state index is 0.00259. The summed E-state index contributed by atoms with van der Waals surface area (Å²) >= 11 is 0. The van der Waals surface area contributed by atoms with Gasteiger partial charge in [-0.2, -0.15) is 0 Å². The first-order valence-electron chi connectivity index (χ1n) is 5.14. The highest BCUT2D eigenvalue weighted by Crippen LogP contribution is 2.41. The molecule has 0 spiro atoms. The topological polar surface area (TPSA) is 26.3 Å². The van der Waals surface area contributed by atoms with Gasteiger partial charge in [-0.1, -0.05) is 32.9 Å². The van der Waals surface area contributed by atoms with Crippen molar-refractivity contribution in [2.75, 3.05) is 7.11 Å². The van der Waals surface area contributed by atoms with Crippen LogP contribution in [0.2, 0.25) is 0 Å². The van der Waals surface area contributed by atoms with Crippen LogP contribution in [0, 0.1) is 10.8 Å². The summed E-state index contributed by atoms with van der Waals surface area (Å²) in [6, 6.07) is 0. The molecule has 0 heterocycles. The summed E-state index contributed by atoms with van der Waals surface area (Å²) in [4.78, 5) is 11.2. The molecule has 0 fully saturated rings. The molecule has 1 atom stereocenters. The van der Waals surface area contributed by atoms with Gasteiger partial charge in [0.2, 0.25) is 0 Å². The summed E-state index contributed by atoms with van der Waals surface area (Å²) in [5, 5.41) is 0. The Kier molecular flexibility index (Phi) is 3.03. The van der Waals surface area contributed by atoms with Gasteiger partial charge in [0.15, 0.2) is 0 Å². The maximum Gasteiger partial charge on any atom is 0.306 e. The Morgan fingerprint density at radius 3 is 2.36 bits per heavy atom. The molecule has 1 rings (SSSR count). The SMILES string of the molecule is COC(=O)CC1(C)C=CC(C)(C)CC1. The number of hydrogen-bond acceptors (Lipinski definition) is 2. The fourth-order valence-corrected chi connectivity index (χ4v) is 1.75. The maximum absolute atomic E-state index is 11.2. The second-order valence-corrected chi connectivity index (χ2v) is 5.23. The van der Waals surface area contributed by atoms with Crippen LogP contribution in [0.4, 0.5) is 0 Å². The zero-order valence-corrected chi connectivity index (χ0v) is 9.59. The monoisotopic (exact) mass is 196 g/mol. The number of carbonyl (C=O) groups is 1. The molecule has 1 aliphatic carbocycles. The molecule has 0 aromatic heterocycles. The van der Waals surface area contributed by atoms with Gasteiger partial charge in [-0.05, 0) is 23.7 Å². The minimum Gasteiger partial charge on any atom is -0.469 e. The van der Waals surface area contributed by atoms with E-state index in [0.29, 0.717) is 6.42 Å². The molecule has 80 valence electrons. The van der Waals surface area contributed by atoms with Crippen molar-refractivity contribution < 1.29 is 9.53 Å². The van der Waals surface area contributed by atoms with Gasteiger partial charge in [0.05, 0.1) is 13.5 Å². The Morgan fingerprint density at radius 2 is 1.93 bits per heavy atom. The molecule has 2 heteroatoms. The average Bonchev–Trinajstić information content (AvgIpc) is 2.11. The highest BCUT2D eigenvalue weighted by molar-refractivity contribution is 5.70. The average molecular weight is 196 g/mol. The van der Waals surface area contributed by atoms with Gasteiger partial charge >= 0.3 is 5.97 Å². The summed E-state index contributed by atoms with van der Waals surface area (Å²) in [7, 11) is 1.45. The van der Waals surface area contributed by atoms with Crippen molar-refractivity contribution in [2.45, 2.75) is 40.0 Å². The zero-order chi connectivity index (χ0) is 10.8. The van der Waals surface area contributed by atoms with E-state index in [1.165, 1.54) is 7.11 Å². The number of rotatable bonds is 2. The van der Waals surface area contributed by atoms with E-state index in [2.05, 4.69) is 32.9 Å². The number of hydrogen-bond donors (Lipinski definition) is 0. The first kappa shape index (κ1) is 11.3. The normalized spacial score (nSPS) is 30.0. The van der Waals surface area contributed by atoms with Crippen molar-refractivity contribution in [3.8, 4) is 0 Å².